The Morgan fingerprint density at radius 3 is 2.45 bits per heavy atom. The van der Waals surface area contributed by atoms with Gasteiger partial charge in [0.2, 0.25) is 10.0 Å². The molecule has 0 unspecified atom stereocenters. The van der Waals surface area contributed by atoms with Gasteiger partial charge in [-0.2, -0.15) is 4.31 Å². The fraction of sp³-hybridized carbons (Fsp3) is 0.357. The molecule has 1 aromatic rings. The molecule has 0 atom stereocenters. The minimum atomic E-state index is -3.18. The van der Waals surface area contributed by atoms with E-state index in [1.165, 1.54) is 10.6 Å². The number of hydrogen-bond donors (Lipinski definition) is 1. The number of rotatable bonds is 3. The zero-order valence-corrected chi connectivity index (χ0v) is 14.6. The highest BCUT2D eigenvalue weighted by Gasteiger charge is 2.25. The Balaban J connectivity index is 1.85. The lowest BCUT2D eigenvalue weighted by Crippen LogP contribution is -2.52. The van der Waals surface area contributed by atoms with Gasteiger partial charge in [0.25, 0.3) is 0 Å². The number of halogens is 1. The van der Waals surface area contributed by atoms with Gasteiger partial charge in [0.05, 0.1) is 6.26 Å². The molecule has 0 spiro atoms. The van der Waals surface area contributed by atoms with Crippen LogP contribution in [-0.2, 0) is 10.0 Å². The fourth-order valence-electron chi connectivity index (χ4n) is 2.13. The lowest BCUT2D eigenvalue weighted by molar-refractivity contribution is 0.176. The van der Waals surface area contributed by atoms with Gasteiger partial charge in [-0.3, -0.25) is 0 Å². The molecule has 2 amide bonds. The van der Waals surface area contributed by atoms with Crippen molar-refractivity contribution in [1.29, 1.82) is 0 Å². The van der Waals surface area contributed by atoms with Crippen LogP contribution in [0.1, 0.15) is 5.56 Å². The lowest BCUT2D eigenvalue weighted by Gasteiger charge is -2.32. The van der Waals surface area contributed by atoms with Crippen LogP contribution in [-0.4, -0.2) is 56.1 Å². The van der Waals surface area contributed by atoms with Crippen LogP contribution in [0.5, 0.6) is 0 Å². The molecule has 1 saturated heterocycles. The molecular formula is C14H18BrN3O3S. The highest BCUT2D eigenvalue weighted by Crippen LogP contribution is 2.16. The predicted octanol–water partition coefficient (Wildman–Crippen LogP) is 1.71. The summed E-state index contributed by atoms with van der Waals surface area (Å²) in [6, 6.07) is 7.46. The molecule has 1 fully saturated rings. The average molecular weight is 388 g/mol. The van der Waals surface area contributed by atoms with Gasteiger partial charge in [-0.05, 0) is 17.7 Å². The van der Waals surface area contributed by atoms with Crippen LogP contribution in [0, 0.1) is 0 Å². The van der Waals surface area contributed by atoms with E-state index in [0.717, 1.165) is 10.0 Å². The van der Waals surface area contributed by atoms with Crippen molar-refractivity contribution in [3.05, 3.63) is 40.5 Å². The number of carbonyl (C=O) groups excluding carboxylic acids is 1. The normalized spacial score (nSPS) is 16.9. The van der Waals surface area contributed by atoms with Crippen molar-refractivity contribution in [1.82, 2.24) is 14.5 Å². The molecule has 0 saturated carbocycles. The minimum Gasteiger partial charge on any atom is -0.322 e. The molecule has 0 radical (unpaired) electrons. The molecular weight excluding hydrogens is 370 g/mol. The van der Waals surface area contributed by atoms with Gasteiger partial charge in [0, 0.05) is 36.9 Å². The number of sulfonamides is 1. The Morgan fingerprint density at radius 1 is 1.23 bits per heavy atom. The first kappa shape index (κ1) is 17.0. The Bertz CT molecular complexity index is 668. The third-order valence-corrected chi connectivity index (χ3v) is 5.40. The summed E-state index contributed by atoms with van der Waals surface area (Å²) in [6.07, 6.45) is 4.57. The molecule has 6 nitrogen and oxygen atoms in total. The van der Waals surface area contributed by atoms with E-state index < -0.39 is 10.0 Å². The smallest absolute Gasteiger partial charge is 0.321 e. The van der Waals surface area contributed by atoms with Crippen LogP contribution < -0.4 is 5.32 Å². The monoisotopic (exact) mass is 387 g/mol. The Morgan fingerprint density at radius 2 is 1.86 bits per heavy atom. The van der Waals surface area contributed by atoms with Crippen LogP contribution in [0.15, 0.2) is 34.9 Å². The molecule has 1 aliphatic rings. The third kappa shape index (κ3) is 4.56. The van der Waals surface area contributed by atoms with Gasteiger partial charge in [-0.25, -0.2) is 13.2 Å². The summed E-state index contributed by atoms with van der Waals surface area (Å²) in [4.78, 5) is 13.6. The number of carbonyl (C=O) groups is 1. The first-order valence-electron chi connectivity index (χ1n) is 6.79. The van der Waals surface area contributed by atoms with Crippen molar-refractivity contribution in [3.63, 3.8) is 0 Å². The molecule has 1 heterocycles. The highest BCUT2D eigenvalue weighted by atomic mass is 79.9. The first-order valence-corrected chi connectivity index (χ1v) is 9.44. The second kappa shape index (κ2) is 7.26. The second-order valence-corrected chi connectivity index (χ2v) is 7.79. The van der Waals surface area contributed by atoms with Crippen LogP contribution in [0.3, 0.4) is 0 Å². The van der Waals surface area contributed by atoms with Crippen LogP contribution in [0.2, 0.25) is 0 Å². The third-order valence-electron chi connectivity index (χ3n) is 3.37. The van der Waals surface area contributed by atoms with Crippen molar-refractivity contribution >= 4 is 38.1 Å². The zero-order valence-electron chi connectivity index (χ0n) is 12.2. The molecule has 1 N–H and O–H groups in total. The van der Waals surface area contributed by atoms with Gasteiger partial charge in [0.15, 0.2) is 0 Å². The topological polar surface area (TPSA) is 69.7 Å². The van der Waals surface area contributed by atoms with Gasteiger partial charge < -0.3 is 10.2 Å². The number of urea groups is 1. The molecule has 8 heteroatoms. The van der Waals surface area contributed by atoms with Crippen molar-refractivity contribution < 1.29 is 13.2 Å². The summed E-state index contributed by atoms with van der Waals surface area (Å²) in [5.41, 5.74) is 0.963. The molecule has 22 heavy (non-hydrogen) atoms. The number of benzene rings is 1. The largest absolute Gasteiger partial charge is 0.322 e. The number of nitrogens with one attached hydrogen (secondary N) is 1. The van der Waals surface area contributed by atoms with E-state index in [9.17, 15) is 13.2 Å². The Hall–Kier alpha value is -1.38. The number of amides is 2. The minimum absolute atomic E-state index is 0.226. The van der Waals surface area contributed by atoms with Gasteiger partial charge in [0.1, 0.15) is 0 Å². The summed E-state index contributed by atoms with van der Waals surface area (Å²) in [5, 5.41) is 2.70. The van der Waals surface area contributed by atoms with E-state index in [1.54, 1.807) is 17.2 Å². The Kier molecular flexibility index (Phi) is 5.60. The van der Waals surface area contributed by atoms with Crippen molar-refractivity contribution in [2.75, 3.05) is 32.4 Å². The maximum Gasteiger partial charge on any atom is 0.321 e. The first-order chi connectivity index (χ1) is 10.4. The van der Waals surface area contributed by atoms with Gasteiger partial charge in [-0.15, -0.1) is 0 Å². The number of nitrogens with zero attached hydrogens (tertiary/aromatic N) is 2. The SMILES string of the molecule is CS(=O)(=O)N1CCN(C(=O)N/C=C/c2ccccc2Br)CC1. The second-order valence-electron chi connectivity index (χ2n) is 4.95. The summed E-state index contributed by atoms with van der Waals surface area (Å²) in [7, 11) is -3.18. The van der Waals surface area contributed by atoms with E-state index in [0.29, 0.717) is 26.2 Å². The molecule has 0 bridgehead atoms. The molecule has 120 valence electrons. The van der Waals surface area contributed by atoms with Crippen LogP contribution >= 0.6 is 15.9 Å². The van der Waals surface area contributed by atoms with E-state index in [4.69, 9.17) is 0 Å². The van der Waals surface area contributed by atoms with Gasteiger partial charge in [-0.1, -0.05) is 34.1 Å². The average Bonchev–Trinajstić information content (AvgIpc) is 2.48. The highest BCUT2D eigenvalue weighted by molar-refractivity contribution is 9.10. The lowest BCUT2D eigenvalue weighted by atomic mass is 10.2. The molecule has 1 aromatic carbocycles. The van der Waals surface area contributed by atoms with E-state index in [-0.39, 0.29) is 6.03 Å². The molecule has 2 rings (SSSR count). The van der Waals surface area contributed by atoms with Gasteiger partial charge >= 0.3 is 6.03 Å². The quantitative estimate of drug-likeness (QED) is 0.857. The maximum atomic E-state index is 12.0. The molecule has 1 aliphatic heterocycles. The molecule has 0 aromatic heterocycles. The van der Waals surface area contributed by atoms with E-state index >= 15 is 0 Å². The number of piperazine rings is 1. The summed E-state index contributed by atoms with van der Waals surface area (Å²) in [5.74, 6) is 0. The summed E-state index contributed by atoms with van der Waals surface area (Å²) >= 11 is 3.43. The number of hydrogen-bond acceptors (Lipinski definition) is 3. The van der Waals surface area contributed by atoms with E-state index in [2.05, 4.69) is 21.2 Å². The summed E-state index contributed by atoms with van der Waals surface area (Å²) in [6.45, 7) is 1.45. The standard InChI is InChI=1S/C14H18BrN3O3S/c1-22(20,21)18-10-8-17(9-11-18)14(19)16-7-6-12-4-2-3-5-13(12)15/h2-7H,8-11H2,1H3,(H,16,19)/b7-6+. The van der Waals surface area contributed by atoms with Crippen molar-refractivity contribution in [3.8, 4) is 0 Å². The molecule has 0 aliphatic carbocycles. The van der Waals surface area contributed by atoms with Crippen molar-refractivity contribution in [2.24, 2.45) is 0 Å². The van der Waals surface area contributed by atoms with Crippen LogP contribution in [0.4, 0.5) is 4.79 Å². The van der Waals surface area contributed by atoms with Crippen LogP contribution in [0.25, 0.3) is 6.08 Å². The maximum absolute atomic E-state index is 12.0. The predicted molar refractivity (Wildman–Crippen MR) is 89.7 cm³/mol. The van der Waals surface area contributed by atoms with E-state index in [1.807, 2.05) is 24.3 Å². The fourth-order valence-corrected chi connectivity index (χ4v) is 3.37. The Labute approximate surface area is 139 Å². The van der Waals surface area contributed by atoms with Crippen molar-refractivity contribution in [2.45, 2.75) is 0 Å². The summed E-state index contributed by atoms with van der Waals surface area (Å²) < 4.78 is 25.2. The zero-order chi connectivity index (χ0) is 16.2.